The van der Waals surface area contributed by atoms with Gasteiger partial charge in [0.2, 0.25) is 0 Å². The molecule has 142 valence electrons. The molecule has 1 atom stereocenters. The molecule has 6 heteroatoms. The fraction of sp³-hybridized carbons (Fsp3) is 0.429. The first-order valence-corrected chi connectivity index (χ1v) is 9.67. The Hall–Kier alpha value is -2.11. The molecule has 1 amide bonds. The monoisotopic (exact) mass is 386 g/mol. The lowest BCUT2D eigenvalue weighted by atomic mass is 9.93. The van der Waals surface area contributed by atoms with Crippen molar-refractivity contribution < 1.29 is 14.3 Å². The third kappa shape index (κ3) is 3.54. The number of carbonyl (C=O) groups excluding carboxylic acids is 1. The van der Waals surface area contributed by atoms with E-state index in [2.05, 4.69) is 11.9 Å². The third-order valence-corrected chi connectivity index (χ3v) is 5.77. The van der Waals surface area contributed by atoms with Crippen molar-refractivity contribution in [1.82, 2.24) is 9.88 Å². The molecule has 0 spiro atoms. The predicted octanol–water partition coefficient (Wildman–Crippen LogP) is 3.91. The standard InChI is InChI=1S/C21H23ClN2O3/c1-13-14(2)20-18(9-16(13)8-15-5-6-19(22)23-10-15)21(25)24(12-27-20)17-4-3-7-26-11-17/h5-6,9-10,17H,3-4,7-8,11-12H2,1-2H3/t17-/m1/s1. The maximum absolute atomic E-state index is 13.2. The topological polar surface area (TPSA) is 51.7 Å². The SMILES string of the molecule is Cc1c(Cc2ccc(Cl)nc2)cc2c(c1C)OCN([C@@H]1CCCOC1)C2=O. The number of pyridine rings is 1. The minimum absolute atomic E-state index is 0.0327. The zero-order chi connectivity index (χ0) is 19.0. The van der Waals surface area contributed by atoms with Crippen LogP contribution in [0.2, 0.25) is 5.15 Å². The van der Waals surface area contributed by atoms with Crippen molar-refractivity contribution >= 4 is 17.5 Å². The van der Waals surface area contributed by atoms with Gasteiger partial charge >= 0.3 is 0 Å². The number of carbonyl (C=O) groups is 1. The molecular weight excluding hydrogens is 364 g/mol. The van der Waals surface area contributed by atoms with E-state index in [4.69, 9.17) is 21.1 Å². The maximum atomic E-state index is 13.2. The fourth-order valence-electron chi connectivity index (χ4n) is 3.81. The van der Waals surface area contributed by atoms with Crippen LogP contribution in [0, 0.1) is 13.8 Å². The molecule has 1 fully saturated rings. The quantitative estimate of drug-likeness (QED) is 0.750. The van der Waals surface area contributed by atoms with E-state index in [0.717, 1.165) is 41.7 Å². The van der Waals surface area contributed by atoms with Gasteiger partial charge in [0.05, 0.1) is 18.2 Å². The van der Waals surface area contributed by atoms with Crippen molar-refractivity contribution in [2.24, 2.45) is 0 Å². The van der Waals surface area contributed by atoms with Gasteiger partial charge in [0.15, 0.2) is 6.73 Å². The Morgan fingerprint density at radius 2 is 2.15 bits per heavy atom. The van der Waals surface area contributed by atoms with E-state index in [1.165, 1.54) is 0 Å². The smallest absolute Gasteiger partial charge is 0.260 e. The number of aromatic nitrogens is 1. The highest BCUT2D eigenvalue weighted by atomic mass is 35.5. The molecule has 0 unspecified atom stereocenters. The molecule has 2 aliphatic rings. The highest BCUT2D eigenvalue weighted by molar-refractivity contribution is 6.29. The van der Waals surface area contributed by atoms with Crippen LogP contribution in [0.25, 0.3) is 0 Å². The molecule has 2 aliphatic heterocycles. The Bertz CT molecular complexity index is 861. The molecular formula is C21H23ClN2O3. The first-order valence-electron chi connectivity index (χ1n) is 9.29. The second-order valence-electron chi connectivity index (χ2n) is 7.25. The van der Waals surface area contributed by atoms with Crippen LogP contribution in [0.5, 0.6) is 5.75 Å². The summed E-state index contributed by atoms with van der Waals surface area (Å²) in [6.45, 7) is 5.74. The third-order valence-electron chi connectivity index (χ3n) is 5.55. The molecule has 27 heavy (non-hydrogen) atoms. The normalized spacial score (nSPS) is 19.6. The Balaban J connectivity index is 1.66. The van der Waals surface area contributed by atoms with Crippen molar-refractivity contribution in [2.45, 2.75) is 39.2 Å². The number of halogens is 1. The molecule has 5 nitrogen and oxygen atoms in total. The van der Waals surface area contributed by atoms with Crippen molar-refractivity contribution in [2.75, 3.05) is 19.9 Å². The van der Waals surface area contributed by atoms with E-state index >= 15 is 0 Å². The van der Waals surface area contributed by atoms with Crippen LogP contribution < -0.4 is 4.74 Å². The lowest BCUT2D eigenvalue weighted by Gasteiger charge is -2.37. The van der Waals surface area contributed by atoms with E-state index in [0.29, 0.717) is 36.2 Å². The Morgan fingerprint density at radius 3 is 2.85 bits per heavy atom. The minimum Gasteiger partial charge on any atom is -0.472 e. The number of ether oxygens (including phenoxy) is 2. The number of benzene rings is 1. The van der Waals surface area contributed by atoms with E-state index in [-0.39, 0.29) is 11.9 Å². The zero-order valence-electron chi connectivity index (χ0n) is 15.6. The van der Waals surface area contributed by atoms with E-state index in [9.17, 15) is 4.79 Å². The van der Waals surface area contributed by atoms with Gasteiger partial charge in [-0.25, -0.2) is 4.98 Å². The summed E-state index contributed by atoms with van der Waals surface area (Å²) in [6, 6.07) is 5.82. The van der Waals surface area contributed by atoms with Gasteiger partial charge < -0.3 is 9.47 Å². The average Bonchev–Trinajstić information content (AvgIpc) is 2.69. The summed E-state index contributed by atoms with van der Waals surface area (Å²) in [7, 11) is 0. The van der Waals surface area contributed by atoms with Gasteiger partial charge in [-0.15, -0.1) is 0 Å². The molecule has 0 saturated carbocycles. The molecule has 2 aromatic rings. The second kappa shape index (κ2) is 7.49. The molecule has 4 rings (SSSR count). The Morgan fingerprint density at radius 1 is 1.30 bits per heavy atom. The summed E-state index contributed by atoms with van der Waals surface area (Å²) < 4.78 is 11.6. The predicted molar refractivity (Wildman–Crippen MR) is 103 cm³/mol. The van der Waals surface area contributed by atoms with Crippen LogP contribution >= 0.6 is 11.6 Å². The summed E-state index contributed by atoms with van der Waals surface area (Å²) in [5.74, 6) is 0.744. The van der Waals surface area contributed by atoms with Crippen LogP contribution in [0.15, 0.2) is 24.4 Å². The van der Waals surface area contributed by atoms with Crippen LogP contribution in [-0.2, 0) is 11.2 Å². The number of hydrogen-bond donors (Lipinski definition) is 0. The number of fused-ring (bicyclic) bond motifs is 1. The van der Waals surface area contributed by atoms with E-state index in [1.54, 1.807) is 12.3 Å². The van der Waals surface area contributed by atoms with Crippen LogP contribution in [0.4, 0.5) is 0 Å². The zero-order valence-corrected chi connectivity index (χ0v) is 16.4. The van der Waals surface area contributed by atoms with Crippen molar-refractivity contribution in [3.63, 3.8) is 0 Å². The second-order valence-corrected chi connectivity index (χ2v) is 7.63. The molecule has 3 heterocycles. The lowest BCUT2D eigenvalue weighted by molar-refractivity contribution is -0.0101. The first-order chi connectivity index (χ1) is 13.0. The fourth-order valence-corrected chi connectivity index (χ4v) is 3.92. The van der Waals surface area contributed by atoms with Crippen molar-refractivity contribution in [3.8, 4) is 5.75 Å². The number of nitrogens with zero attached hydrogens (tertiary/aromatic N) is 2. The first kappa shape index (κ1) is 18.3. The molecule has 0 aliphatic carbocycles. The van der Waals surface area contributed by atoms with Crippen molar-refractivity contribution in [1.29, 1.82) is 0 Å². The summed E-state index contributed by atoms with van der Waals surface area (Å²) in [5.41, 5.74) is 4.98. The number of amides is 1. The van der Waals surface area contributed by atoms with Gasteiger partial charge in [-0.05, 0) is 67.5 Å². The van der Waals surface area contributed by atoms with Gasteiger partial charge in [-0.1, -0.05) is 17.7 Å². The molecule has 0 radical (unpaired) electrons. The molecule has 1 aromatic carbocycles. The highest BCUT2D eigenvalue weighted by Gasteiger charge is 2.34. The van der Waals surface area contributed by atoms with Crippen LogP contribution in [0.3, 0.4) is 0 Å². The molecule has 1 aromatic heterocycles. The van der Waals surface area contributed by atoms with Gasteiger partial charge in [-0.3, -0.25) is 9.69 Å². The average molecular weight is 387 g/mol. The van der Waals surface area contributed by atoms with E-state index < -0.39 is 0 Å². The summed E-state index contributed by atoms with van der Waals surface area (Å²) in [6.07, 6.45) is 4.41. The van der Waals surface area contributed by atoms with Gasteiger partial charge in [0, 0.05) is 12.8 Å². The number of rotatable bonds is 3. The molecule has 1 saturated heterocycles. The van der Waals surface area contributed by atoms with Crippen LogP contribution in [0.1, 0.15) is 45.5 Å². The lowest BCUT2D eigenvalue weighted by Crippen LogP contribution is -2.49. The maximum Gasteiger partial charge on any atom is 0.260 e. The number of hydrogen-bond acceptors (Lipinski definition) is 4. The van der Waals surface area contributed by atoms with Gasteiger partial charge in [-0.2, -0.15) is 0 Å². The minimum atomic E-state index is 0.0327. The Labute approximate surface area is 164 Å². The van der Waals surface area contributed by atoms with Crippen molar-refractivity contribution in [3.05, 3.63) is 57.4 Å². The molecule has 0 bridgehead atoms. The van der Waals surface area contributed by atoms with Gasteiger partial charge in [0.25, 0.3) is 5.91 Å². The Kier molecular flexibility index (Phi) is 5.06. The summed E-state index contributed by atoms with van der Waals surface area (Å²) >= 11 is 5.89. The van der Waals surface area contributed by atoms with Crippen LogP contribution in [-0.4, -0.2) is 41.8 Å². The summed E-state index contributed by atoms with van der Waals surface area (Å²) in [4.78, 5) is 19.2. The van der Waals surface area contributed by atoms with E-state index in [1.807, 2.05) is 24.0 Å². The highest BCUT2D eigenvalue weighted by Crippen LogP contribution is 2.35. The van der Waals surface area contributed by atoms with Gasteiger partial charge in [0.1, 0.15) is 10.9 Å². The molecule has 0 N–H and O–H groups in total. The largest absolute Gasteiger partial charge is 0.472 e. The summed E-state index contributed by atoms with van der Waals surface area (Å²) in [5, 5.41) is 0.478.